The minimum Gasteiger partial charge on any atom is -0.444 e. The summed E-state index contributed by atoms with van der Waals surface area (Å²) in [6.45, 7) is 6.81. The van der Waals surface area contributed by atoms with Gasteiger partial charge in [-0.1, -0.05) is 0 Å². The molecule has 0 radical (unpaired) electrons. The molecule has 0 saturated heterocycles. The van der Waals surface area contributed by atoms with Crippen LogP contribution in [0, 0.1) is 5.92 Å². The highest BCUT2D eigenvalue weighted by Gasteiger charge is 2.46. The van der Waals surface area contributed by atoms with Gasteiger partial charge in [-0.25, -0.2) is 13.6 Å². The molecule has 1 amide bonds. The molecule has 21 heavy (non-hydrogen) atoms. The molecular weight excluding hydrogens is 280 g/mol. The van der Waals surface area contributed by atoms with E-state index in [0.717, 1.165) is 0 Å². The van der Waals surface area contributed by atoms with Gasteiger partial charge in [-0.2, -0.15) is 0 Å². The minimum absolute atomic E-state index is 0.218. The highest BCUT2D eigenvalue weighted by molar-refractivity contribution is 5.76. The fraction of sp³-hybridized carbons (Fsp3) is 0.867. The van der Waals surface area contributed by atoms with Crippen molar-refractivity contribution < 1.29 is 23.1 Å². The van der Waals surface area contributed by atoms with Crippen molar-refractivity contribution in [2.45, 2.75) is 70.4 Å². The Morgan fingerprint density at radius 3 is 2.10 bits per heavy atom. The Morgan fingerprint density at radius 2 is 1.71 bits per heavy atom. The molecule has 1 unspecified atom stereocenters. The molecule has 6 heteroatoms. The van der Waals surface area contributed by atoms with Crippen molar-refractivity contribution in [2.75, 3.05) is 7.05 Å². The van der Waals surface area contributed by atoms with E-state index in [0.29, 0.717) is 6.29 Å². The monoisotopic (exact) mass is 305 g/mol. The molecule has 0 heterocycles. The molecule has 0 bridgehead atoms. The second-order valence-electron chi connectivity index (χ2n) is 7.01. The van der Waals surface area contributed by atoms with Gasteiger partial charge in [0.1, 0.15) is 17.4 Å². The third-order valence-electron chi connectivity index (χ3n) is 4.17. The third-order valence-corrected chi connectivity index (χ3v) is 4.17. The molecule has 0 spiro atoms. The lowest BCUT2D eigenvalue weighted by atomic mass is 9.74. The molecule has 0 aromatic rings. The number of alkyl halides is 2. The molecule has 1 saturated carbocycles. The Hall–Kier alpha value is -1.20. The van der Waals surface area contributed by atoms with Crippen LogP contribution in [0.4, 0.5) is 13.6 Å². The summed E-state index contributed by atoms with van der Waals surface area (Å²) in [5, 5.41) is 0. The van der Waals surface area contributed by atoms with E-state index in [9.17, 15) is 18.4 Å². The maximum atomic E-state index is 13.3. The molecule has 1 aliphatic carbocycles. The fourth-order valence-electron chi connectivity index (χ4n) is 2.60. The molecule has 0 aliphatic heterocycles. The number of hydrogen-bond acceptors (Lipinski definition) is 3. The first kappa shape index (κ1) is 17.9. The Bertz CT molecular complexity index is 396. The van der Waals surface area contributed by atoms with Crippen LogP contribution in [0.15, 0.2) is 0 Å². The lowest BCUT2D eigenvalue weighted by molar-refractivity contribution is -0.124. The zero-order valence-corrected chi connectivity index (χ0v) is 13.4. The van der Waals surface area contributed by atoms with Crippen LogP contribution < -0.4 is 0 Å². The molecule has 1 aliphatic rings. The maximum Gasteiger partial charge on any atom is 0.410 e. The average Bonchev–Trinajstić information content (AvgIpc) is 2.34. The Labute approximate surface area is 124 Å². The van der Waals surface area contributed by atoms with Crippen LogP contribution in [0.3, 0.4) is 0 Å². The normalized spacial score (nSPS) is 22.2. The minimum atomic E-state index is -2.66. The van der Waals surface area contributed by atoms with Crippen molar-refractivity contribution in [1.29, 1.82) is 0 Å². The smallest absolute Gasteiger partial charge is 0.410 e. The van der Waals surface area contributed by atoms with Crippen molar-refractivity contribution in [3.63, 3.8) is 0 Å². The van der Waals surface area contributed by atoms with E-state index in [1.807, 2.05) is 0 Å². The van der Waals surface area contributed by atoms with Gasteiger partial charge in [-0.15, -0.1) is 0 Å². The highest BCUT2D eigenvalue weighted by Crippen LogP contribution is 2.41. The van der Waals surface area contributed by atoms with Crippen LogP contribution in [0.1, 0.15) is 53.4 Å². The van der Waals surface area contributed by atoms with Crippen LogP contribution in [0.5, 0.6) is 0 Å². The summed E-state index contributed by atoms with van der Waals surface area (Å²) in [4.78, 5) is 24.9. The van der Waals surface area contributed by atoms with Gasteiger partial charge in [0.15, 0.2) is 0 Å². The van der Waals surface area contributed by atoms with Crippen molar-refractivity contribution in [1.82, 2.24) is 4.90 Å². The number of ether oxygens (including phenoxy) is 1. The van der Waals surface area contributed by atoms with Gasteiger partial charge < -0.3 is 9.53 Å². The van der Waals surface area contributed by atoms with Gasteiger partial charge in [0, 0.05) is 19.9 Å². The van der Waals surface area contributed by atoms with E-state index in [2.05, 4.69) is 0 Å². The largest absolute Gasteiger partial charge is 0.444 e. The van der Waals surface area contributed by atoms with Crippen molar-refractivity contribution in [3.8, 4) is 0 Å². The Balaban J connectivity index is 2.84. The first-order valence-corrected chi connectivity index (χ1v) is 7.22. The van der Waals surface area contributed by atoms with Crippen molar-refractivity contribution in [3.05, 3.63) is 0 Å². The molecule has 122 valence electrons. The lowest BCUT2D eigenvalue weighted by Gasteiger charge is -2.43. The number of rotatable bonds is 3. The van der Waals surface area contributed by atoms with Gasteiger partial charge in [0.05, 0.1) is 0 Å². The summed E-state index contributed by atoms with van der Waals surface area (Å²) < 4.78 is 31.8. The standard InChI is InChI=1S/C15H25F2NO3/c1-13(2,3)21-12(20)18(5)14(4,10-19)11-6-8-15(16,17)9-7-11/h10-11H,6-9H2,1-5H3. The molecule has 1 rings (SSSR count). The summed E-state index contributed by atoms with van der Waals surface area (Å²) in [5.41, 5.74) is -1.80. The molecular formula is C15H25F2NO3. The zero-order chi connectivity index (χ0) is 16.5. The topological polar surface area (TPSA) is 46.6 Å². The summed E-state index contributed by atoms with van der Waals surface area (Å²) >= 11 is 0. The van der Waals surface area contributed by atoms with E-state index >= 15 is 0 Å². The molecule has 0 aromatic heterocycles. The summed E-state index contributed by atoms with van der Waals surface area (Å²) in [5.74, 6) is -2.95. The quantitative estimate of drug-likeness (QED) is 0.748. The Morgan fingerprint density at radius 1 is 1.24 bits per heavy atom. The van der Waals surface area contributed by atoms with Crippen LogP contribution in [0.25, 0.3) is 0 Å². The van der Waals surface area contributed by atoms with E-state index in [4.69, 9.17) is 4.74 Å². The second-order valence-corrected chi connectivity index (χ2v) is 7.01. The molecule has 4 nitrogen and oxygen atoms in total. The number of halogens is 2. The second kappa shape index (κ2) is 5.89. The van der Waals surface area contributed by atoms with Crippen molar-refractivity contribution in [2.24, 2.45) is 5.92 Å². The number of carbonyl (C=O) groups is 2. The predicted octanol–water partition coefficient (Wildman–Crippen LogP) is 3.64. The molecule has 0 aromatic carbocycles. The van der Waals surface area contributed by atoms with Crippen LogP contribution in [-0.4, -0.2) is 41.4 Å². The number of amides is 1. The number of nitrogens with zero attached hydrogens (tertiary/aromatic N) is 1. The number of carbonyl (C=O) groups excluding carboxylic acids is 2. The molecule has 0 N–H and O–H groups in total. The van der Waals surface area contributed by atoms with Crippen LogP contribution >= 0.6 is 0 Å². The van der Waals surface area contributed by atoms with Gasteiger partial charge >= 0.3 is 6.09 Å². The first-order valence-electron chi connectivity index (χ1n) is 7.22. The molecule has 1 atom stereocenters. The summed E-state index contributed by atoms with van der Waals surface area (Å²) in [7, 11) is 1.48. The maximum absolute atomic E-state index is 13.3. The first-order chi connectivity index (χ1) is 9.41. The van der Waals surface area contributed by atoms with Gasteiger partial charge in [0.2, 0.25) is 5.92 Å². The Kier molecular flexibility index (Phi) is 5.01. The summed E-state index contributed by atoms with van der Waals surface area (Å²) in [6, 6.07) is 0. The van der Waals surface area contributed by atoms with Crippen molar-refractivity contribution >= 4 is 12.4 Å². The van der Waals surface area contributed by atoms with E-state index < -0.39 is 23.2 Å². The molecule has 1 fully saturated rings. The highest BCUT2D eigenvalue weighted by atomic mass is 19.3. The SMILES string of the molecule is CN(C(=O)OC(C)(C)C)C(C)(C=O)C1CCC(F)(F)CC1. The van der Waals surface area contributed by atoms with Gasteiger partial charge in [-0.05, 0) is 46.5 Å². The number of aldehydes is 1. The van der Waals surface area contributed by atoms with Gasteiger partial charge in [-0.3, -0.25) is 4.90 Å². The van der Waals surface area contributed by atoms with Gasteiger partial charge in [0.25, 0.3) is 0 Å². The zero-order valence-electron chi connectivity index (χ0n) is 13.4. The number of likely N-dealkylation sites (N-methyl/N-ethyl adjacent to an activating group) is 1. The lowest BCUT2D eigenvalue weighted by Crippen LogP contribution is -2.56. The average molecular weight is 305 g/mol. The van der Waals surface area contributed by atoms with E-state index in [-0.39, 0.29) is 31.6 Å². The van der Waals surface area contributed by atoms with Crippen LogP contribution in [0.2, 0.25) is 0 Å². The van der Waals surface area contributed by atoms with E-state index in [1.54, 1.807) is 27.7 Å². The van der Waals surface area contributed by atoms with Crippen LogP contribution in [-0.2, 0) is 9.53 Å². The summed E-state index contributed by atoms with van der Waals surface area (Å²) in [6.07, 6.45) is -0.00286. The fourth-order valence-corrected chi connectivity index (χ4v) is 2.60. The third kappa shape index (κ3) is 4.38. The predicted molar refractivity (Wildman–Crippen MR) is 75.4 cm³/mol. The van der Waals surface area contributed by atoms with E-state index in [1.165, 1.54) is 11.9 Å². The number of hydrogen-bond donors (Lipinski definition) is 0.